The van der Waals surface area contributed by atoms with Gasteiger partial charge in [0.2, 0.25) is 8.32 Å². The standard InChI is InChI=1S/C17H22O2Si/c1-15-9-11-16(12-10-15)18-13-14-19-20(2,3)17-7-5-4-6-8-17/h4-12H,13-14H2,1-3H3. The molecule has 2 aromatic carbocycles. The largest absolute Gasteiger partial charge is 0.491 e. The minimum atomic E-state index is -1.81. The summed E-state index contributed by atoms with van der Waals surface area (Å²) in [7, 11) is -1.81. The highest BCUT2D eigenvalue weighted by molar-refractivity contribution is 6.84. The lowest BCUT2D eigenvalue weighted by Gasteiger charge is -2.23. The smallest absolute Gasteiger partial charge is 0.218 e. The second kappa shape index (κ2) is 6.73. The van der Waals surface area contributed by atoms with Gasteiger partial charge >= 0.3 is 0 Å². The average molecular weight is 286 g/mol. The van der Waals surface area contributed by atoms with Gasteiger partial charge in [-0.3, -0.25) is 0 Å². The van der Waals surface area contributed by atoms with Gasteiger partial charge in [-0.15, -0.1) is 0 Å². The molecule has 2 rings (SSSR count). The topological polar surface area (TPSA) is 18.5 Å². The molecule has 0 atom stereocenters. The van der Waals surface area contributed by atoms with Crippen molar-refractivity contribution in [3.8, 4) is 5.75 Å². The highest BCUT2D eigenvalue weighted by Crippen LogP contribution is 2.11. The van der Waals surface area contributed by atoms with Gasteiger partial charge in [-0.2, -0.15) is 0 Å². The molecule has 106 valence electrons. The van der Waals surface area contributed by atoms with Crippen molar-refractivity contribution in [2.75, 3.05) is 13.2 Å². The fourth-order valence-corrected chi connectivity index (χ4v) is 3.77. The summed E-state index contributed by atoms with van der Waals surface area (Å²) in [5, 5.41) is 1.32. The van der Waals surface area contributed by atoms with Crippen LogP contribution in [0.1, 0.15) is 5.56 Å². The van der Waals surface area contributed by atoms with E-state index in [1.54, 1.807) is 0 Å². The molecule has 0 saturated heterocycles. The third kappa shape index (κ3) is 4.22. The molecule has 0 radical (unpaired) electrons. The highest BCUT2D eigenvalue weighted by Gasteiger charge is 2.24. The Morgan fingerprint density at radius 2 is 1.50 bits per heavy atom. The summed E-state index contributed by atoms with van der Waals surface area (Å²) in [5.74, 6) is 0.901. The summed E-state index contributed by atoms with van der Waals surface area (Å²) in [6.45, 7) is 7.72. The van der Waals surface area contributed by atoms with Gasteiger partial charge in [0.15, 0.2) is 0 Å². The van der Waals surface area contributed by atoms with Crippen LogP contribution in [0.3, 0.4) is 0 Å². The van der Waals surface area contributed by atoms with Crippen LogP contribution >= 0.6 is 0 Å². The van der Waals surface area contributed by atoms with Crippen molar-refractivity contribution in [2.24, 2.45) is 0 Å². The number of aryl methyl sites for hydroxylation is 1. The second-order valence-corrected chi connectivity index (χ2v) is 9.27. The van der Waals surface area contributed by atoms with Crippen molar-refractivity contribution in [1.82, 2.24) is 0 Å². The number of ether oxygens (including phenoxy) is 1. The van der Waals surface area contributed by atoms with Crippen molar-refractivity contribution < 1.29 is 9.16 Å². The summed E-state index contributed by atoms with van der Waals surface area (Å²) < 4.78 is 11.8. The molecule has 2 aromatic rings. The van der Waals surface area contributed by atoms with Crippen molar-refractivity contribution in [3.05, 3.63) is 60.2 Å². The normalized spacial score (nSPS) is 11.3. The summed E-state index contributed by atoms with van der Waals surface area (Å²) in [5.41, 5.74) is 1.24. The van der Waals surface area contributed by atoms with Crippen molar-refractivity contribution in [2.45, 2.75) is 20.0 Å². The van der Waals surface area contributed by atoms with E-state index in [0.717, 1.165) is 5.75 Å². The molecule has 0 fully saturated rings. The van der Waals surface area contributed by atoms with Crippen LogP contribution in [0, 0.1) is 6.92 Å². The third-order valence-corrected chi connectivity index (χ3v) is 5.95. The van der Waals surface area contributed by atoms with Crippen LogP contribution in [0.4, 0.5) is 0 Å². The molecule has 0 heterocycles. The molecule has 0 N–H and O–H groups in total. The first-order valence-electron chi connectivity index (χ1n) is 6.97. The van der Waals surface area contributed by atoms with Crippen molar-refractivity contribution in [3.63, 3.8) is 0 Å². The monoisotopic (exact) mass is 286 g/mol. The van der Waals surface area contributed by atoms with E-state index >= 15 is 0 Å². The number of rotatable bonds is 6. The first kappa shape index (κ1) is 14.8. The van der Waals surface area contributed by atoms with Gasteiger partial charge in [0.1, 0.15) is 12.4 Å². The zero-order valence-corrected chi connectivity index (χ0v) is 13.4. The van der Waals surface area contributed by atoms with Gasteiger partial charge in [-0.05, 0) is 37.3 Å². The van der Waals surface area contributed by atoms with Crippen LogP contribution in [0.25, 0.3) is 0 Å². The predicted molar refractivity (Wildman–Crippen MR) is 86.2 cm³/mol. The molecule has 0 aliphatic rings. The summed E-state index contributed by atoms with van der Waals surface area (Å²) in [6, 6.07) is 18.6. The quantitative estimate of drug-likeness (QED) is 0.598. The zero-order valence-electron chi connectivity index (χ0n) is 12.4. The number of hydrogen-bond acceptors (Lipinski definition) is 2. The Balaban J connectivity index is 1.79. The zero-order chi connectivity index (χ0) is 14.4. The number of hydrogen-bond donors (Lipinski definition) is 0. The molecule has 0 spiro atoms. The minimum Gasteiger partial charge on any atom is -0.491 e. The fraction of sp³-hybridized carbons (Fsp3) is 0.294. The van der Waals surface area contributed by atoms with Crippen LogP contribution in [-0.2, 0) is 4.43 Å². The van der Waals surface area contributed by atoms with E-state index in [0.29, 0.717) is 13.2 Å². The van der Waals surface area contributed by atoms with E-state index < -0.39 is 8.32 Å². The Morgan fingerprint density at radius 1 is 0.850 bits per heavy atom. The van der Waals surface area contributed by atoms with Crippen LogP contribution in [0.5, 0.6) is 5.75 Å². The molecule has 0 unspecified atom stereocenters. The lowest BCUT2D eigenvalue weighted by Crippen LogP contribution is -2.45. The maximum Gasteiger partial charge on any atom is 0.218 e. The van der Waals surface area contributed by atoms with Crippen molar-refractivity contribution >= 4 is 13.5 Å². The third-order valence-electron chi connectivity index (χ3n) is 3.30. The molecule has 3 heteroatoms. The van der Waals surface area contributed by atoms with Gasteiger partial charge in [0.25, 0.3) is 0 Å². The van der Waals surface area contributed by atoms with E-state index in [2.05, 4.69) is 56.4 Å². The summed E-state index contributed by atoms with van der Waals surface area (Å²) in [6.07, 6.45) is 0. The SMILES string of the molecule is Cc1ccc(OCCO[Si](C)(C)c2ccccc2)cc1. The van der Waals surface area contributed by atoms with E-state index in [-0.39, 0.29) is 0 Å². The lowest BCUT2D eigenvalue weighted by molar-refractivity contribution is 0.214. The van der Waals surface area contributed by atoms with Gasteiger partial charge in [0, 0.05) is 0 Å². The fourth-order valence-electron chi connectivity index (χ4n) is 2.01. The Morgan fingerprint density at radius 3 is 2.15 bits per heavy atom. The Kier molecular flexibility index (Phi) is 4.98. The molecule has 0 amide bonds. The van der Waals surface area contributed by atoms with E-state index in [1.165, 1.54) is 10.8 Å². The molecule has 0 aliphatic heterocycles. The van der Waals surface area contributed by atoms with Gasteiger partial charge < -0.3 is 9.16 Å². The second-order valence-electron chi connectivity index (χ2n) is 5.39. The maximum atomic E-state index is 6.07. The van der Waals surface area contributed by atoms with Gasteiger partial charge in [-0.1, -0.05) is 48.0 Å². The van der Waals surface area contributed by atoms with Crippen molar-refractivity contribution in [1.29, 1.82) is 0 Å². The van der Waals surface area contributed by atoms with Crippen LogP contribution in [-0.4, -0.2) is 21.5 Å². The minimum absolute atomic E-state index is 0.590. The highest BCUT2D eigenvalue weighted by atomic mass is 28.4. The van der Waals surface area contributed by atoms with Crippen LogP contribution in [0.15, 0.2) is 54.6 Å². The molecular weight excluding hydrogens is 264 g/mol. The molecule has 20 heavy (non-hydrogen) atoms. The van der Waals surface area contributed by atoms with E-state index in [1.807, 2.05) is 18.2 Å². The number of benzene rings is 2. The Labute approximate surface area is 122 Å². The van der Waals surface area contributed by atoms with E-state index in [9.17, 15) is 0 Å². The van der Waals surface area contributed by atoms with E-state index in [4.69, 9.17) is 9.16 Å². The average Bonchev–Trinajstić information content (AvgIpc) is 2.46. The molecule has 2 nitrogen and oxygen atoms in total. The Bertz CT molecular complexity index is 520. The summed E-state index contributed by atoms with van der Waals surface area (Å²) in [4.78, 5) is 0. The predicted octanol–water partition coefficient (Wildman–Crippen LogP) is 3.50. The lowest BCUT2D eigenvalue weighted by atomic mass is 10.2. The first-order chi connectivity index (χ1) is 9.58. The van der Waals surface area contributed by atoms with Gasteiger partial charge in [0.05, 0.1) is 6.61 Å². The first-order valence-corrected chi connectivity index (χ1v) is 9.88. The van der Waals surface area contributed by atoms with Crippen LogP contribution in [0.2, 0.25) is 13.1 Å². The maximum absolute atomic E-state index is 6.07. The molecule has 0 aromatic heterocycles. The molecule has 0 saturated carbocycles. The van der Waals surface area contributed by atoms with Crippen LogP contribution < -0.4 is 9.92 Å². The molecular formula is C17H22O2Si. The summed E-state index contributed by atoms with van der Waals surface area (Å²) >= 11 is 0. The Hall–Kier alpha value is -1.58. The molecule has 0 bridgehead atoms. The molecule has 0 aliphatic carbocycles. The van der Waals surface area contributed by atoms with Gasteiger partial charge in [-0.25, -0.2) is 0 Å².